The van der Waals surface area contributed by atoms with Gasteiger partial charge in [-0.25, -0.2) is 12.8 Å². The number of aliphatic hydroxyl groups excluding tert-OH is 1. The molecule has 0 bridgehead atoms. The van der Waals surface area contributed by atoms with E-state index in [9.17, 15) is 17.9 Å². The fourth-order valence-electron chi connectivity index (χ4n) is 2.32. The zero-order valence-corrected chi connectivity index (χ0v) is 14.5. The molecule has 0 spiro atoms. The van der Waals surface area contributed by atoms with Crippen molar-refractivity contribution in [3.63, 3.8) is 0 Å². The number of likely N-dealkylation sites (N-methyl/N-ethyl adjacent to an activating group) is 1. The number of rotatable bonds is 6. The Morgan fingerprint density at radius 2 is 1.83 bits per heavy atom. The maximum absolute atomic E-state index is 13.7. The van der Waals surface area contributed by atoms with E-state index < -0.39 is 28.5 Å². The molecule has 2 aromatic carbocycles. The number of ether oxygens (including phenoxy) is 1. The molecule has 0 fully saturated rings. The number of methoxy groups -OCH3 is 1. The van der Waals surface area contributed by atoms with E-state index in [1.54, 1.807) is 31.2 Å². The molecular formula is C17H20FNO4S. The number of sulfonamides is 1. The standard InChI is InChI=1S/C17H20FNO4S/c1-12-4-9-15(10-16(12)18)24(21,22)19(2)17(11-20)13-5-7-14(23-3)8-6-13/h4-10,17,20H,11H2,1-3H3. The van der Waals surface area contributed by atoms with Crippen molar-refractivity contribution in [3.8, 4) is 5.75 Å². The average molecular weight is 353 g/mol. The highest BCUT2D eigenvalue weighted by molar-refractivity contribution is 7.89. The third-order valence-electron chi connectivity index (χ3n) is 3.93. The Morgan fingerprint density at radius 1 is 1.21 bits per heavy atom. The quantitative estimate of drug-likeness (QED) is 0.866. The second kappa shape index (κ2) is 7.29. The second-order valence-corrected chi connectivity index (χ2v) is 7.40. The minimum atomic E-state index is -3.95. The van der Waals surface area contributed by atoms with E-state index in [4.69, 9.17) is 4.74 Å². The first kappa shape index (κ1) is 18.4. The molecular weight excluding hydrogens is 333 g/mol. The highest BCUT2D eigenvalue weighted by atomic mass is 32.2. The minimum Gasteiger partial charge on any atom is -0.497 e. The molecule has 0 radical (unpaired) electrons. The van der Waals surface area contributed by atoms with Gasteiger partial charge in [-0.3, -0.25) is 0 Å². The SMILES string of the molecule is COc1ccc(C(CO)N(C)S(=O)(=O)c2ccc(C)c(F)c2)cc1. The van der Waals surface area contributed by atoms with Gasteiger partial charge in [0.05, 0.1) is 24.7 Å². The molecule has 0 amide bonds. The van der Waals surface area contributed by atoms with Crippen LogP contribution in [-0.4, -0.2) is 38.6 Å². The van der Waals surface area contributed by atoms with Crippen LogP contribution >= 0.6 is 0 Å². The first-order valence-corrected chi connectivity index (χ1v) is 8.74. The molecule has 24 heavy (non-hydrogen) atoms. The summed E-state index contributed by atoms with van der Waals surface area (Å²) in [6.07, 6.45) is 0. The molecule has 1 N–H and O–H groups in total. The predicted molar refractivity (Wildman–Crippen MR) is 88.9 cm³/mol. The zero-order valence-electron chi connectivity index (χ0n) is 13.7. The monoisotopic (exact) mass is 353 g/mol. The number of aliphatic hydroxyl groups is 1. The molecule has 2 aromatic rings. The molecule has 130 valence electrons. The van der Waals surface area contributed by atoms with E-state index in [2.05, 4.69) is 0 Å². The van der Waals surface area contributed by atoms with Crippen LogP contribution in [0.3, 0.4) is 0 Å². The number of hydrogen-bond acceptors (Lipinski definition) is 4. The van der Waals surface area contributed by atoms with Gasteiger partial charge in [0.15, 0.2) is 0 Å². The highest BCUT2D eigenvalue weighted by Crippen LogP contribution is 2.27. The van der Waals surface area contributed by atoms with Gasteiger partial charge < -0.3 is 9.84 Å². The van der Waals surface area contributed by atoms with Crippen LogP contribution in [0.25, 0.3) is 0 Å². The lowest BCUT2D eigenvalue weighted by Gasteiger charge is -2.26. The van der Waals surface area contributed by atoms with Gasteiger partial charge in [0.1, 0.15) is 11.6 Å². The molecule has 1 unspecified atom stereocenters. The van der Waals surface area contributed by atoms with Crippen LogP contribution in [0.1, 0.15) is 17.2 Å². The molecule has 2 rings (SSSR count). The van der Waals surface area contributed by atoms with Gasteiger partial charge in [-0.05, 0) is 42.3 Å². The summed E-state index contributed by atoms with van der Waals surface area (Å²) in [6.45, 7) is 1.15. The van der Waals surface area contributed by atoms with Crippen molar-refractivity contribution in [2.24, 2.45) is 0 Å². The second-order valence-electron chi connectivity index (χ2n) is 5.40. The van der Waals surface area contributed by atoms with Crippen LogP contribution in [0.2, 0.25) is 0 Å². The molecule has 7 heteroatoms. The highest BCUT2D eigenvalue weighted by Gasteiger charge is 2.29. The number of aryl methyl sites for hydroxylation is 1. The fraction of sp³-hybridized carbons (Fsp3) is 0.294. The molecule has 0 aromatic heterocycles. The number of halogens is 1. The molecule has 0 heterocycles. The normalized spacial score (nSPS) is 13.1. The molecule has 0 aliphatic carbocycles. The predicted octanol–water partition coefficient (Wildman–Crippen LogP) is 2.50. The molecule has 0 aliphatic rings. The third kappa shape index (κ3) is 3.58. The Bertz CT molecular complexity index is 806. The van der Waals surface area contributed by atoms with Gasteiger partial charge in [0.25, 0.3) is 0 Å². The summed E-state index contributed by atoms with van der Waals surface area (Å²) < 4.78 is 45.3. The summed E-state index contributed by atoms with van der Waals surface area (Å²) in [5, 5.41) is 9.67. The summed E-state index contributed by atoms with van der Waals surface area (Å²) >= 11 is 0. The molecule has 0 saturated heterocycles. The molecule has 1 atom stereocenters. The lowest BCUT2D eigenvalue weighted by molar-refractivity contribution is 0.204. The van der Waals surface area contributed by atoms with Crippen molar-refractivity contribution in [3.05, 3.63) is 59.4 Å². The zero-order chi connectivity index (χ0) is 17.9. The largest absolute Gasteiger partial charge is 0.497 e. The van der Waals surface area contributed by atoms with Crippen LogP contribution in [0, 0.1) is 12.7 Å². The van der Waals surface area contributed by atoms with Gasteiger partial charge >= 0.3 is 0 Å². The Balaban J connectivity index is 2.38. The van der Waals surface area contributed by atoms with Gasteiger partial charge in [-0.2, -0.15) is 4.31 Å². The van der Waals surface area contributed by atoms with Crippen LogP contribution in [0.4, 0.5) is 4.39 Å². The van der Waals surface area contributed by atoms with E-state index in [1.807, 2.05) is 0 Å². The fourth-order valence-corrected chi connectivity index (χ4v) is 3.67. The Labute approximate surface area is 141 Å². The van der Waals surface area contributed by atoms with Crippen LogP contribution < -0.4 is 4.74 Å². The summed E-state index contributed by atoms with van der Waals surface area (Å²) in [7, 11) is -1.06. The number of benzene rings is 2. The summed E-state index contributed by atoms with van der Waals surface area (Å²) in [4.78, 5) is -0.153. The number of hydrogen-bond donors (Lipinski definition) is 1. The molecule has 0 aliphatic heterocycles. The Morgan fingerprint density at radius 3 is 2.33 bits per heavy atom. The first-order chi connectivity index (χ1) is 11.3. The Kier molecular flexibility index (Phi) is 5.58. The van der Waals surface area contributed by atoms with E-state index in [0.717, 1.165) is 10.4 Å². The summed E-state index contributed by atoms with van der Waals surface area (Å²) in [5.74, 6) is 0.0380. The van der Waals surface area contributed by atoms with Crippen LogP contribution in [-0.2, 0) is 10.0 Å². The van der Waals surface area contributed by atoms with Gasteiger partial charge in [-0.1, -0.05) is 18.2 Å². The minimum absolute atomic E-state index is 0.153. The Hall–Kier alpha value is -1.96. The lowest BCUT2D eigenvalue weighted by atomic mass is 10.1. The summed E-state index contributed by atoms with van der Waals surface area (Å²) in [5.41, 5.74) is 0.974. The lowest BCUT2D eigenvalue weighted by Crippen LogP contribution is -2.33. The maximum atomic E-state index is 13.7. The molecule has 5 nitrogen and oxygen atoms in total. The van der Waals surface area contributed by atoms with E-state index >= 15 is 0 Å². The van der Waals surface area contributed by atoms with Crippen molar-refractivity contribution >= 4 is 10.0 Å². The van der Waals surface area contributed by atoms with E-state index in [1.165, 1.54) is 26.3 Å². The van der Waals surface area contributed by atoms with Crippen LogP contribution in [0.5, 0.6) is 5.75 Å². The summed E-state index contributed by atoms with van der Waals surface area (Å²) in [6, 6.07) is 9.70. The van der Waals surface area contributed by atoms with Crippen molar-refractivity contribution in [1.82, 2.24) is 4.31 Å². The van der Waals surface area contributed by atoms with Crippen molar-refractivity contribution < 1.29 is 22.7 Å². The van der Waals surface area contributed by atoms with Gasteiger partial charge in [0, 0.05) is 7.05 Å². The maximum Gasteiger partial charge on any atom is 0.243 e. The van der Waals surface area contributed by atoms with Gasteiger partial charge in [0.2, 0.25) is 10.0 Å². The smallest absolute Gasteiger partial charge is 0.243 e. The van der Waals surface area contributed by atoms with Crippen molar-refractivity contribution in [2.45, 2.75) is 17.9 Å². The van der Waals surface area contributed by atoms with Crippen LogP contribution in [0.15, 0.2) is 47.4 Å². The number of nitrogens with zero attached hydrogens (tertiary/aromatic N) is 1. The van der Waals surface area contributed by atoms with E-state index in [0.29, 0.717) is 16.9 Å². The first-order valence-electron chi connectivity index (χ1n) is 7.30. The van der Waals surface area contributed by atoms with E-state index in [-0.39, 0.29) is 4.90 Å². The topological polar surface area (TPSA) is 66.8 Å². The van der Waals surface area contributed by atoms with Crippen molar-refractivity contribution in [2.75, 3.05) is 20.8 Å². The van der Waals surface area contributed by atoms with Crippen molar-refractivity contribution in [1.29, 1.82) is 0 Å². The molecule has 0 saturated carbocycles. The third-order valence-corrected chi connectivity index (χ3v) is 5.80. The average Bonchev–Trinajstić information content (AvgIpc) is 2.58. The van der Waals surface area contributed by atoms with Gasteiger partial charge in [-0.15, -0.1) is 0 Å².